The predicted molar refractivity (Wildman–Crippen MR) is 112 cm³/mol. The molecule has 0 aliphatic heterocycles. The van der Waals surface area contributed by atoms with E-state index in [-0.39, 0.29) is 11.9 Å². The number of nitrogens with zero attached hydrogens (tertiary/aromatic N) is 1. The van der Waals surface area contributed by atoms with Crippen LogP contribution in [0.4, 0.5) is 0 Å². The minimum absolute atomic E-state index is 0.00367. The Morgan fingerprint density at radius 2 is 1.93 bits per heavy atom. The molecule has 1 N–H and O–H groups in total. The Balaban J connectivity index is 1.34. The van der Waals surface area contributed by atoms with Crippen LogP contribution in [0, 0.1) is 5.92 Å². The van der Waals surface area contributed by atoms with E-state index in [2.05, 4.69) is 10.3 Å². The van der Waals surface area contributed by atoms with E-state index in [4.69, 9.17) is 20.8 Å². The third-order valence-corrected chi connectivity index (χ3v) is 5.39. The average Bonchev–Trinajstić information content (AvgIpc) is 3.48. The van der Waals surface area contributed by atoms with Gasteiger partial charge in [-0.2, -0.15) is 0 Å². The summed E-state index contributed by atoms with van der Waals surface area (Å²) in [6, 6.07) is 15.3. The Hall–Kier alpha value is -2.79. The van der Waals surface area contributed by atoms with Crippen molar-refractivity contribution >= 4 is 17.5 Å². The first-order valence-electron chi connectivity index (χ1n) is 9.76. The van der Waals surface area contributed by atoms with Crippen molar-refractivity contribution in [1.29, 1.82) is 0 Å². The molecule has 0 bridgehead atoms. The van der Waals surface area contributed by atoms with Crippen LogP contribution in [0.1, 0.15) is 36.8 Å². The monoisotopic (exact) mass is 410 g/mol. The average molecular weight is 411 g/mol. The molecule has 1 saturated carbocycles. The maximum Gasteiger partial charge on any atom is 0.221 e. The fourth-order valence-corrected chi connectivity index (χ4v) is 3.48. The first kappa shape index (κ1) is 19.5. The molecule has 1 aliphatic carbocycles. The number of nitrogens with one attached hydrogen (secondary N) is 1. The van der Waals surface area contributed by atoms with Gasteiger partial charge in [-0.25, -0.2) is 4.98 Å². The molecule has 1 amide bonds. The lowest BCUT2D eigenvalue weighted by molar-refractivity contribution is -0.122. The van der Waals surface area contributed by atoms with Crippen molar-refractivity contribution in [2.45, 2.75) is 31.7 Å². The van der Waals surface area contributed by atoms with E-state index in [1.54, 1.807) is 13.3 Å². The molecule has 1 aromatic heterocycles. The standard InChI is InChI=1S/C23H23ClN2O3/c1-28-19-10-6-17(7-11-19)23(16-2-3-16)26-21(27)12-13-22-25-14-20(29-22)15-4-8-18(24)9-5-15/h4-11,14,16,23H,2-3,12-13H2,1H3,(H,26,27). The van der Waals surface area contributed by atoms with Crippen molar-refractivity contribution in [3.05, 3.63) is 71.2 Å². The molecule has 150 valence electrons. The van der Waals surface area contributed by atoms with Crippen molar-refractivity contribution in [3.63, 3.8) is 0 Å². The van der Waals surface area contributed by atoms with E-state index < -0.39 is 0 Å². The molecule has 0 saturated heterocycles. The second-order valence-electron chi connectivity index (χ2n) is 7.28. The lowest BCUT2D eigenvalue weighted by Crippen LogP contribution is -2.30. The van der Waals surface area contributed by atoms with Gasteiger partial charge >= 0.3 is 0 Å². The van der Waals surface area contributed by atoms with Crippen molar-refractivity contribution in [2.24, 2.45) is 5.92 Å². The second-order valence-corrected chi connectivity index (χ2v) is 7.72. The van der Waals surface area contributed by atoms with Crippen LogP contribution in [0.3, 0.4) is 0 Å². The minimum Gasteiger partial charge on any atom is -0.497 e. The fraction of sp³-hybridized carbons (Fsp3) is 0.304. The summed E-state index contributed by atoms with van der Waals surface area (Å²) in [4.78, 5) is 16.8. The lowest BCUT2D eigenvalue weighted by Gasteiger charge is -2.19. The third-order valence-electron chi connectivity index (χ3n) is 5.13. The maximum atomic E-state index is 12.5. The Labute approximate surface area is 175 Å². The van der Waals surface area contributed by atoms with Crippen LogP contribution in [-0.4, -0.2) is 18.0 Å². The summed E-state index contributed by atoms with van der Waals surface area (Å²) >= 11 is 5.92. The van der Waals surface area contributed by atoms with E-state index in [0.29, 0.717) is 35.4 Å². The van der Waals surface area contributed by atoms with Crippen molar-refractivity contribution in [2.75, 3.05) is 7.11 Å². The number of amides is 1. The summed E-state index contributed by atoms with van der Waals surface area (Å²) in [5.74, 6) is 2.55. The van der Waals surface area contributed by atoms with Crippen LogP contribution < -0.4 is 10.1 Å². The molecule has 1 unspecified atom stereocenters. The molecule has 2 aromatic carbocycles. The van der Waals surface area contributed by atoms with Crippen molar-refractivity contribution < 1.29 is 13.9 Å². The van der Waals surface area contributed by atoms with E-state index in [1.165, 1.54) is 0 Å². The number of methoxy groups -OCH3 is 1. The highest BCUT2D eigenvalue weighted by Crippen LogP contribution is 2.41. The van der Waals surface area contributed by atoms with Gasteiger partial charge in [-0.3, -0.25) is 4.79 Å². The van der Waals surface area contributed by atoms with Gasteiger partial charge in [0.25, 0.3) is 0 Å². The summed E-state index contributed by atoms with van der Waals surface area (Å²) in [7, 11) is 1.65. The number of oxazole rings is 1. The zero-order valence-electron chi connectivity index (χ0n) is 16.2. The number of hydrogen-bond donors (Lipinski definition) is 1. The molecule has 6 heteroatoms. The van der Waals surface area contributed by atoms with Crippen LogP contribution in [0.5, 0.6) is 5.75 Å². The van der Waals surface area contributed by atoms with Gasteiger partial charge in [0.1, 0.15) is 5.75 Å². The van der Waals surface area contributed by atoms with E-state index in [9.17, 15) is 4.79 Å². The van der Waals surface area contributed by atoms with E-state index in [1.807, 2.05) is 48.5 Å². The van der Waals surface area contributed by atoms with Gasteiger partial charge in [0.2, 0.25) is 5.91 Å². The van der Waals surface area contributed by atoms with Crippen molar-refractivity contribution in [1.82, 2.24) is 10.3 Å². The summed E-state index contributed by atoms with van der Waals surface area (Å²) < 4.78 is 11.0. The summed E-state index contributed by atoms with van der Waals surface area (Å²) in [6.45, 7) is 0. The molecule has 0 radical (unpaired) electrons. The molecule has 1 fully saturated rings. The molecular formula is C23H23ClN2O3. The normalized spacial score (nSPS) is 14.4. The smallest absolute Gasteiger partial charge is 0.221 e. The third kappa shape index (κ3) is 4.98. The quantitative estimate of drug-likeness (QED) is 0.554. The van der Waals surface area contributed by atoms with Crippen LogP contribution in [-0.2, 0) is 11.2 Å². The Morgan fingerprint density at radius 1 is 1.21 bits per heavy atom. The molecule has 3 aromatic rings. The Morgan fingerprint density at radius 3 is 2.59 bits per heavy atom. The van der Waals surface area contributed by atoms with Crippen LogP contribution >= 0.6 is 11.6 Å². The first-order valence-corrected chi connectivity index (χ1v) is 10.1. The number of hydrogen-bond acceptors (Lipinski definition) is 4. The topological polar surface area (TPSA) is 64.4 Å². The summed E-state index contributed by atoms with van der Waals surface area (Å²) in [5, 5.41) is 3.86. The number of aryl methyl sites for hydroxylation is 1. The lowest BCUT2D eigenvalue weighted by atomic mass is 10.0. The van der Waals surface area contributed by atoms with Gasteiger partial charge in [0, 0.05) is 23.4 Å². The molecule has 1 atom stereocenters. The van der Waals surface area contributed by atoms with Gasteiger partial charge in [-0.15, -0.1) is 0 Å². The van der Waals surface area contributed by atoms with Crippen LogP contribution in [0.15, 0.2) is 59.1 Å². The molecule has 5 nitrogen and oxygen atoms in total. The number of rotatable bonds is 8. The van der Waals surface area contributed by atoms with E-state index >= 15 is 0 Å². The zero-order chi connectivity index (χ0) is 20.2. The number of ether oxygens (including phenoxy) is 1. The SMILES string of the molecule is COc1ccc(C(NC(=O)CCc2ncc(-c3ccc(Cl)cc3)o2)C2CC2)cc1. The van der Waals surface area contributed by atoms with Gasteiger partial charge in [-0.05, 0) is 60.7 Å². The van der Waals surface area contributed by atoms with Crippen molar-refractivity contribution in [3.8, 4) is 17.1 Å². The number of halogens is 1. The van der Waals surface area contributed by atoms with Crippen LogP contribution in [0.2, 0.25) is 5.02 Å². The highest BCUT2D eigenvalue weighted by atomic mass is 35.5. The Bertz CT molecular complexity index is 963. The molecule has 29 heavy (non-hydrogen) atoms. The Kier molecular flexibility index (Phi) is 5.86. The number of carbonyl (C=O) groups excluding carboxylic acids is 1. The highest BCUT2D eigenvalue weighted by Gasteiger charge is 2.33. The fourth-order valence-electron chi connectivity index (χ4n) is 3.35. The van der Waals surface area contributed by atoms with Gasteiger partial charge in [0.05, 0.1) is 19.3 Å². The highest BCUT2D eigenvalue weighted by molar-refractivity contribution is 6.30. The zero-order valence-corrected chi connectivity index (χ0v) is 17.0. The number of carbonyl (C=O) groups is 1. The summed E-state index contributed by atoms with van der Waals surface area (Å²) in [6.07, 6.45) is 4.75. The maximum absolute atomic E-state index is 12.5. The molecule has 4 rings (SSSR count). The molecule has 1 aliphatic rings. The largest absolute Gasteiger partial charge is 0.497 e. The van der Waals surface area contributed by atoms with Gasteiger partial charge in [0.15, 0.2) is 11.7 Å². The van der Waals surface area contributed by atoms with E-state index in [0.717, 1.165) is 29.7 Å². The first-order chi connectivity index (χ1) is 14.1. The minimum atomic E-state index is 0.00367. The number of benzene rings is 2. The number of aromatic nitrogens is 1. The predicted octanol–water partition coefficient (Wildman–Crippen LogP) is 5.20. The van der Waals surface area contributed by atoms with Crippen LogP contribution in [0.25, 0.3) is 11.3 Å². The molecular weight excluding hydrogens is 388 g/mol. The molecule has 0 spiro atoms. The van der Waals surface area contributed by atoms with Gasteiger partial charge < -0.3 is 14.5 Å². The molecule has 1 heterocycles. The summed E-state index contributed by atoms with van der Waals surface area (Å²) in [5.41, 5.74) is 2.02. The van der Waals surface area contributed by atoms with Gasteiger partial charge in [-0.1, -0.05) is 23.7 Å². The second kappa shape index (κ2) is 8.70.